The molecule has 2 aromatic heterocycles. The Labute approximate surface area is 233 Å². The van der Waals surface area contributed by atoms with Crippen molar-refractivity contribution in [3.63, 3.8) is 0 Å². The molecule has 0 aliphatic heterocycles. The summed E-state index contributed by atoms with van der Waals surface area (Å²) in [5.41, 5.74) is 7.40. The van der Waals surface area contributed by atoms with Crippen LogP contribution in [0.25, 0.3) is 22.5 Å². The van der Waals surface area contributed by atoms with Crippen molar-refractivity contribution in [3.8, 4) is 22.5 Å². The lowest BCUT2D eigenvalue weighted by Gasteiger charge is -2.22. The fourth-order valence-electron chi connectivity index (χ4n) is 4.68. The molecule has 5 aromatic rings. The number of carbonyl (C=O) groups excluding carboxylic acids is 2. The van der Waals surface area contributed by atoms with E-state index < -0.39 is 35.3 Å². The largest absolute Gasteiger partial charge is 0.366 e. The van der Waals surface area contributed by atoms with Gasteiger partial charge in [-0.2, -0.15) is 0 Å². The predicted octanol–water partition coefficient (Wildman–Crippen LogP) is 5.23. The van der Waals surface area contributed by atoms with Crippen LogP contribution in [0.3, 0.4) is 0 Å². The van der Waals surface area contributed by atoms with Crippen LogP contribution in [0.5, 0.6) is 0 Å². The summed E-state index contributed by atoms with van der Waals surface area (Å²) in [7, 11) is 0. The molecule has 7 nitrogen and oxygen atoms in total. The van der Waals surface area contributed by atoms with Crippen LogP contribution in [0.1, 0.15) is 27.7 Å². The third-order valence-electron chi connectivity index (χ3n) is 6.47. The van der Waals surface area contributed by atoms with Gasteiger partial charge in [-0.25, -0.2) is 18.2 Å². The minimum absolute atomic E-state index is 0.0101. The van der Waals surface area contributed by atoms with E-state index >= 15 is 0 Å². The summed E-state index contributed by atoms with van der Waals surface area (Å²) in [5.74, 6) is -3.06. The van der Waals surface area contributed by atoms with E-state index in [9.17, 15) is 22.8 Å². The molecule has 0 aliphatic carbocycles. The Hall–Kier alpha value is -5.25. The lowest BCUT2D eigenvalue weighted by molar-refractivity contribution is -0.122. The van der Waals surface area contributed by atoms with Gasteiger partial charge in [0.05, 0.1) is 17.3 Å². The van der Waals surface area contributed by atoms with Gasteiger partial charge in [0.15, 0.2) is 0 Å². The first-order chi connectivity index (χ1) is 19.8. The minimum Gasteiger partial charge on any atom is -0.366 e. The molecular weight excluding hydrogens is 531 g/mol. The summed E-state index contributed by atoms with van der Waals surface area (Å²) in [5, 5.41) is 2.94. The van der Waals surface area contributed by atoms with Gasteiger partial charge in [0.2, 0.25) is 5.91 Å². The van der Waals surface area contributed by atoms with Crippen molar-refractivity contribution in [2.45, 2.75) is 19.0 Å². The van der Waals surface area contributed by atoms with Crippen LogP contribution in [0.2, 0.25) is 0 Å². The topological polar surface area (TPSA) is 103 Å². The number of imidazole rings is 1. The van der Waals surface area contributed by atoms with E-state index in [4.69, 9.17) is 5.73 Å². The number of hydrogen-bond donors (Lipinski definition) is 2. The fraction of sp³-hybridized carbons (Fsp3) is 0.0968. The van der Waals surface area contributed by atoms with E-state index in [0.717, 1.165) is 17.7 Å². The van der Waals surface area contributed by atoms with Crippen molar-refractivity contribution in [2.24, 2.45) is 5.73 Å². The number of nitrogens with zero attached hydrogens (tertiary/aromatic N) is 3. The Kier molecular flexibility index (Phi) is 7.91. The minimum atomic E-state index is -0.940. The average molecular weight is 556 g/mol. The standard InChI is InChI=1S/C31H24F3N5O2/c32-22-13-19(14-23(33)17-22)15-27(38-28(40)18-39-12-11-37-31(39)20-5-2-1-3-6-20)29-24(7-4-10-36-29)21-8-9-26(34)25(16-21)30(35)41/h1-14,16-17,27H,15,18H2,(H2,35,41)(H,38,40). The van der Waals surface area contributed by atoms with Crippen molar-refractivity contribution < 1.29 is 22.8 Å². The van der Waals surface area contributed by atoms with Gasteiger partial charge in [-0.15, -0.1) is 0 Å². The van der Waals surface area contributed by atoms with Gasteiger partial charge in [-0.1, -0.05) is 42.5 Å². The van der Waals surface area contributed by atoms with Crippen LogP contribution < -0.4 is 11.1 Å². The lowest BCUT2D eigenvalue weighted by Crippen LogP contribution is -2.33. The third-order valence-corrected chi connectivity index (χ3v) is 6.47. The van der Waals surface area contributed by atoms with Crippen molar-refractivity contribution in [2.75, 3.05) is 0 Å². The van der Waals surface area contributed by atoms with Crippen LogP contribution in [0.4, 0.5) is 13.2 Å². The summed E-state index contributed by atoms with van der Waals surface area (Å²) in [6.07, 6.45) is 4.76. The molecule has 0 radical (unpaired) electrons. The summed E-state index contributed by atoms with van der Waals surface area (Å²) >= 11 is 0. The highest BCUT2D eigenvalue weighted by molar-refractivity contribution is 5.94. The second kappa shape index (κ2) is 11.9. The quantitative estimate of drug-likeness (QED) is 0.260. The number of aromatic nitrogens is 3. The molecule has 3 N–H and O–H groups in total. The van der Waals surface area contributed by atoms with Crippen LogP contribution in [0.15, 0.2) is 97.5 Å². The number of primary amides is 1. The molecule has 0 aliphatic rings. The first-order valence-corrected chi connectivity index (χ1v) is 12.6. The van der Waals surface area contributed by atoms with Gasteiger partial charge in [0.1, 0.15) is 29.8 Å². The predicted molar refractivity (Wildman–Crippen MR) is 147 cm³/mol. The SMILES string of the molecule is NC(=O)c1cc(-c2cccnc2C(Cc2cc(F)cc(F)c2)NC(=O)Cn2ccnc2-c2ccccc2)ccc1F. The number of nitrogens with two attached hydrogens (primary N) is 1. The number of nitrogens with one attached hydrogen (secondary N) is 1. The maximum Gasteiger partial charge on any atom is 0.251 e. The number of benzene rings is 3. The van der Waals surface area contributed by atoms with Gasteiger partial charge < -0.3 is 15.6 Å². The van der Waals surface area contributed by atoms with Gasteiger partial charge >= 0.3 is 0 Å². The zero-order valence-corrected chi connectivity index (χ0v) is 21.6. The molecule has 0 saturated carbocycles. The molecule has 2 heterocycles. The highest BCUT2D eigenvalue weighted by Crippen LogP contribution is 2.30. The molecule has 0 fully saturated rings. The molecule has 0 saturated heterocycles. The zero-order valence-electron chi connectivity index (χ0n) is 21.6. The van der Waals surface area contributed by atoms with Crippen molar-refractivity contribution in [1.82, 2.24) is 19.9 Å². The molecule has 206 valence electrons. The van der Waals surface area contributed by atoms with Crippen LogP contribution in [-0.4, -0.2) is 26.3 Å². The summed E-state index contributed by atoms with van der Waals surface area (Å²) in [6.45, 7) is -0.0945. The van der Waals surface area contributed by atoms with E-state index in [1.165, 1.54) is 30.5 Å². The molecule has 0 spiro atoms. The number of amides is 2. The van der Waals surface area contributed by atoms with Crippen molar-refractivity contribution in [3.05, 3.63) is 132 Å². The Morgan fingerprint density at radius 2 is 1.61 bits per heavy atom. The molecular formula is C31H24F3N5O2. The van der Waals surface area contributed by atoms with E-state index in [0.29, 0.717) is 22.6 Å². The van der Waals surface area contributed by atoms with Gasteiger partial charge in [0.25, 0.3) is 5.91 Å². The molecule has 2 amide bonds. The smallest absolute Gasteiger partial charge is 0.251 e. The van der Waals surface area contributed by atoms with E-state index in [-0.39, 0.29) is 24.1 Å². The Bertz CT molecular complexity index is 1700. The number of rotatable bonds is 9. The molecule has 1 atom stereocenters. The molecule has 10 heteroatoms. The first kappa shape index (κ1) is 27.3. The van der Waals surface area contributed by atoms with E-state index in [2.05, 4.69) is 15.3 Å². The highest BCUT2D eigenvalue weighted by Gasteiger charge is 2.23. The average Bonchev–Trinajstić information content (AvgIpc) is 3.40. The van der Waals surface area contributed by atoms with Crippen LogP contribution in [0, 0.1) is 17.5 Å². The van der Waals surface area contributed by atoms with Crippen LogP contribution in [-0.2, 0) is 17.8 Å². The number of halogens is 3. The lowest BCUT2D eigenvalue weighted by atomic mass is 9.94. The van der Waals surface area contributed by atoms with Crippen molar-refractivity contribution in [1.29, 1.82) is 0 Å². The molecule has 0 bridgehead atoms. The van der Waals surface area contributed by atoms with Gasteiger partial charge in [-0.05, 0) is 47.9 Å². The van der Waals surface area contributed by atoms with E-state index in [1.54, 1.807) is 29.1 Å². The van der Waals surface area contributed by atoms with Gasteiger partial charge in [-0.3, -0.25) is 14.6 Å². The van der Waals surface area contributed by atoms with Crippen LogP contribution >= 0.6 is 0 Å². The molecule has 1 unspecified atom stereocenters. The normalized spacial score (nSPS) is 11.7. The van der Waals surface area contributed by atoms with Gasteiger partial charge in [0, 0.05) is 35.8 Å². The first-order valence-electron chi connectivity index (χ1n) is 12.6. The second-order valence-corrected chi connectivity index (χ2v) is 9.34. The Morgan fingerprint density at radius 1 is 0.854 bits per heavy atom. The Morgan fingerprint density at radius 3 is 2.34 bits per heavy atom. The molecule has 41 heavy (non-hydrogen) atoms. The molecule has 3 aromatic carbocycles. The van der Waals surface area contributed by atoms with Crippen molar-refractivity contribution >= 4 is 11.8 Å². The summed E-state index contributed by atoms with van der Waals surface area (Å²) in [6, 6.07) is 18.8. The molecule has 5 rings (SSSR count). The Balaban J connectivity index is 1.51. The highest BCUT2D eigenvalue weighted by atomic mass is 19.1. The maximum absolute atomic E-state index is 14.2. The summed E-state index contributed by atoms with van der Waals surface area (Å²) in [4.78, 5) is 34.0. The maximum atomic E-state index is 14.2. The summed E-state index contributed by atoms with van der Waals surface area (Å²) < 4.78 is 44.0. The van der Waals surface area contributed by atoms with E-state index in [1.807, 2.05) is 30.3 Å². The number of carbonyl (C=O) groups is 2. The fourth-order valence-corrected chi connectivity index (χ4v) is 4.68. The second-order valence-electron chi connectivity index (χ2n) is 9.34. The third kappa shape index (κ3) is 6.33. The zero-order chi connectivity index (χ0) is 28.9. The number of pyridine rings is 1. The monoisotopic (exact) mass is 555 g/mol. The number of hydrogen-bond acceptors (Lipinski definition) is 4.